The third-order valence-electron chi connectivity index (χ3n) is 3.88. The first kappa shape index (κ1) is 17.9. The number of piperazine rings is 1. The Morgan fingerprint density at radius 3 is 2.67 bits per heavy atom. The molecule has 21 heavy (non-hydrogen) atoms. The molecule has 0 radical (unpaired) electrons. The van der Waals surface area contributed by atoms with Crippen LogP contribution in [0.4, 0.5) is 0 Å². The maximum Gasteiger partial charge on any atom is 0.243 e. The maximum atomic E-state index is 12.8. The molecule has 2 atom stereocenters. The Bertz CT molecular complexity index is 655. The fourth-order valence-electron chi connectivity index (χ4n) is 2.44. The molecule has 1 N–H and O–H groups in total. The van der Waals surface area contributed by atoms with Gasteiger partial charge in [-0.3, -0.25) is 0 Å². The Balaban J connectivity index is 0.00000220. The quantitative estimate of drug-likeness (QED) is 0.895. The van der Waals surface area contributed by atoms with E-state index in [9.17, 15) is 8.42 Å². The van der Waals surface area contributed by atoms with Gasteiger partial charge in [0.05, 0.1) is 16.5 Å². The van der Waals surface area contributed by atoms with Crippen LogP contribution in [0.25, 0.3) is 0 Å². The van der Waals surface area contributed by atoms with Crippen LogP contribution in [0.1, 0.15) is 25.0 Å². The highest BCUT2D eigenvalue weighted by atomic mass is 35.5. The summed E-state index contributed by atoms with van der Waals surface area (Å²) in [7, 11) is -3.57. The second kappa shape index (κ2) is 6.75. The van der Waals surface area contributed by atoms with Gasteiger partial charge in [0.25, 0.3) is 0 Å². The number of benzene rings is 1. The van der Waals surface area contributed by atoms with Gasteiger partial charge < -0.3 is 5.32 Å². The zero-order chi connectivity index (χ0) is 14.9. The fraction of sp³-hybridized carbons (Fsp3) is 0.500. The molecule has 2 unspecified atom stereocenters. The van der Waals surface area contributed by atoms with Crippen LogP contribution in [0.2, 0.25) is 0 Å². The number of rotatable bonds is 2. The number of nitrogens with zero attached hydrogens (tertiary/aromatic N) is 2. The van der Waals surface area contributed by atoms with E-state index in [1.54, 1.807) is 19.1 Å². The monoisotopic (exact) mass is 329 g/mol. The lowest BCUT2D eigenvalue weighted by atomic mass is 10.1. The number of aryl methyl sites for hydroxylation is 1. The summed E-state index contributed by atoms with van der Waals surface area (Å²) in [5, 5.41) is 12.2. The molecule has 1 heterocycles. The summed E-state index contributed by atoms with van der Waals surface area (Å²) in [5.74, 6) is 0. The van der Waals surface area contributed by atoms with Crippen molar-refractivity contribution in [2.45, 2.75) is 37.8 Å². The topological polar surface area (TPSA) is 73.2 Å². The summed E-state index contributed by atoms with van der Waals surface area (Å²) in [4.78, 5) is 0.234. The molecular weight excluding hydrogens is 310 g/mol. The van der Waals surface area contributed by atoms with E-state index in [1.807, 2.05) is 19.9 Å². The van der Waals surface area contributed by atoms with Gasteiger partial charge in [0.2, 0.25) is 10.0 Å². The van der Waals surface area contributed by atoms with Crippen molar-refractivity contribution in [3.8, 4) is 6.07 Å². The zero-order valence-electron chi connectivity index (χ0n) is 12.3. The summed E-state index contributed by atoms with van der Waals surface area (Å²) in [6.45, 7) is 6.72. The van der Waals surface area contributed by atoms with Crippen molar-refractivity contribution in [2.24, 2.45) is 0 Å². The van der Waals surface area contributed by atoms with Crippen LogP contribution in [-0.4, -0.2) is 37.9 Å². The molecule has 2 rings (SSSR count). The van der Waals surface area contributed by atoms with Gasteiger partial charge in [-0.2, -0.15) is 9.57 Å². The SMILES string of the molecule is Cc1ccc(C#N)cc1S(=O)(=O)N1CCNC(C)C1C.Cl. The van der Waals surface area contributed by atoms with Gasteiger partial charge in [0.15, 0.2) is 0 Å². The van der Waals surface area contributed by atoms with Crippen LogP contribution < -0.4 is 5.32 Å². The average Bonchev–Trinajstić information content (AvgIpc) is 2.42. The van der Waals surface area contributed by atoms with Crippen molar-refractivity contribution >= 4 is 22.4 Å². The number of hydrogen-bond acceptors (Lipinski definition) is 4. The summed E-state index contributed by atoms with van der Waals surface area (Å²) < 4.78 is 27.2. The standard InChI is InChI=1S/C14H19N3O2S.ClH/c1-10-4-5-13(9-15)8-14(10)20(18,19)17-7-6-16-11(2)12(17)3;/h4-5,8,11-12,16H,6-7H2,1-3H3;1H. The highest BCUT2D eigenvalue weighted by Crippen LogP contribution is 2.24. The smallest absolute Gasteiger partial charge is 0.243 e. The van der Waals surface area contributed by atoms with E-state index < -0.39 is 10.0 Å². The molecule has 1 aromatic rings. The second-order valence-electron chi connectivity index (χ2n) is 5.19. The van der Waals surface area contributed by atoms with Crippen molar-refractivity contribution in [3.63, 3.8) is 0 Å². The summed E-state index contributed by atoms with van der Waals surface area (Å²) >= 11 is 0. The van der Waals surface area contributed by atoms with Crippen LogP contribution >= 0.6 is 12.4 Å². The largest absolute Gasteiger partial charge is 0.311 e. The molecule has 1 aliphatic heterocycles. The first-order valence-corrected chi connectivity index (χ1v) is 8.08. The normalized spacial score (nSPS) is 23.1. The maximum absolute atomic E-state index is 12.8. The number of nitrogens with one attached hydrogen (secondary N) is 1. The lowest BCUT2D eigenvalue weighted by Crippen LogP contribution is -2.57. The van der Waals surface area contributed by atoms with Gasteiger partial charge in [-0.05, 0) is 38.5 Å². The van der Waals surface area contributed by atoms with Gasteiger partial charge in [-0.1, -0.05) is 6.07 Å². The van der Waals surface area contributed by atoms with Crippen molar-refractivity contribution in [1.29, 1.82) is 5.26 Å². The highest BCUT2D eigenvalue weighted by molar-refractivity contribution is 7.89. The molecule has 1 aliphatic rings. The summed E-state index contributed by atoms with van der Waals surface area (Å²) in [5.41, 5.74) is 1.03. The first-order valence-electron chi connectivity index (χ1n) is 6.64. The molecule has 1 aromatic carbocycles. The van der Waals surface area contributed by atoms with Gasteiger partial charge in [0.1, 0.15) is 0 Å². The van der Waals surface area contributed by atoms with Crippen molar-refractivity contribution in [1.82, 2.24) is 9.62 Å². The van der Waals surface area contributed by atoms with E-state index in [4.69, 9.17) is 5.26 Å². The molecule has 116 valence electrons. The minimum Gasteiger partial charge on any atom is -0.311 e. The molecule has 0 aromatic heterocycles. The minimum absolute atomic E-state index is 0. The Labute approximate surface area is 132 Å². The lowest BCUT2D eigenvalue weighted by molar-refractivity contribution is 0.233. The van der Waals surface area contributed by atoms with Crippen LogP contribution in [0.15, 0.2) is 23.1 Å². The van der Waals surface area contributed by atoms with E-state index in [2.05, 4.69) is 5.32 Å². The van der Waals surface area contributed by atoms with Gasteiger partial charge in [0, 0.05) is 25.2 Å². The molecular formula is C14H20ClN3O2S. The first-order chi connectivity index (χ1) is 9.37. The third-order valence-corrected chi connectivity index (χ3v) is 6.01. The molecule has 0 saturated carbocycles. The van der Waals surface area contributed by atoms with Gasteiger partial charge in [-0.15, -0.1) is 12.4 Å². The van der Waals surface area contributed by atoms with Crippen LogP contribution in [0.5, 0.6) is 0 Å². The number of halogens is 1. The van der Waals surface area contributed by atoms with E-state index in [0.29, 0.717) is 24.2 Å². The van der Waals surface area contributed by atoms with Crippen LogP contribution in [0.3, 0.4) is 0 Å². The van der Waals surface area contributed by atoms with E-state index in [1.165, 1.54) is 10.4 Å². The Kier molecular flexibility index (Phi) is 5.76. The predicted octanol–water partition coefficient (Wildman–Crippen LogP) is 1.66. The van der Waals surface area contributed by atoms with Crippen LogP contribution in [-0.2, 0) is 10.0 Å². The summed E-state index contributed by atoms with van der Waals surface area (Å²) in [6, 6.07) is 6.77. The van der Waals surface area contributed by atoms with E-state index in [0.717, 1.165) is 0 Å². The van der Waals surface area contributed by atoms with Crippen molar-refractivity contribution in [2.75, 3.05) is 13.1 Å². The van der Waals surface area contributed by atoms with Crippen LogP contribution in [0, 0.1) is 18.3 Å². The molecule has 0 amide bonds. The zero-order valence-corrected chi connectivity index (χ0v) is 14.0. The Morgan fingerprint density at radius 2 is 2.05 bits per heavy atom. The van der Waals surface area contributed by atoms with Gasteiger partial charge in [-0.25, -0.2) is 8.42 Å². The van der Waals surface area contributed by atoms with E-state index in [-0.39, 0.29) is 29.4 Å². The second-order valence-corrected chi connectivity index (χ2v) is 7.05. The third kappa shape index (κ3) is 3.38. The molecule has 5 nitrogen and oxygen atoms in total. The number of hydrogen-bond donors (Lipinski definition) is 1. The average molecular weight is 330 g/mol. The van der Waals surface area contributed by atoms with Crippen molar-refractivity contribution < 1.29 is 8.42 Å². The Hall–Kier alpha value is -1.13. The van der Waals surface area contributed by atoms with Gasteiger partial charge >= 0.3 is 0 Å². The highest BCUT2D eigenvalue weighted by Gasteiger charge is 2.35. The fourth-order valence-corrected chi connectivity index (χ4v) is 4.39. The predicted molar refractivity (Wildman–Crippen MR) is 84.0 cm³/mol. The lowest BCUT2D eigenvalue weighted by Gasteiger charge is -2.37. The molecule has 0 spiro atoms. The molecule has 0 bridgehead atoms. The van der Waals surface area contributed by atoms with Crippen molar-refractivity contribution in [3.05, 3.63) is 29.3 Å². The van der Waals surface area contributed by atoms with E-state index >= 15 is 0 Å². The number of nitriles is 1. The Morgan fingerprint density at radius 1 is 1.38 bits per heavy atom. The molecule has 1 fully saturated rings. The number of sulfonamides is 1. The molecule has 7 heteroatoms. The summed E-state index contributed by atoms with van der Waals surface area (Å²) in [6.07, 6.45) is 0. The molecule has 1 saturated heterocycles. The minimum atomic E-state index is -3.57. The molecule has 0 aliphatic carbocycles.